The number of carboxylic acids is 1. The Morgan fingerprint density at radius 1 is 0.983 bits per heavy atom. The first kappa shape index (κ1) is 41.9. The van der Waals surface area contributed by atoms with Crippen molar-refractivity contribution in [3.05, 3.63) is 107 Å². The number of benzene rings is 3. The number of para-hydroxylation sites is 1. The maximum absolute atomic E-state index is 14.2. The van der Waals surface area contributed by atoms with Crippen molar-refractivity contribution in [1.82, 2.24) is 29.5 Å². The number of nitrogens with zero attached hydrogens (tertiary/aromatic N) is 6. The minimum Gasteiger partial charge on any atom is -0.491 e. The van der Waals surface area contributed by atoms with Crippen molar-refractivity contribution in [2.24, 2.45) is 0 Å². The van der Waals surface area contributed by atoms with Gasteiger partial charge in [0, 0.05) is 55.8 Å². The van der Waals surface area contributed by atoms with Gasteiger partial charge in [0.05, 0.1) is 16.1 Å². The molecule has 4 heterocycles. The molecule has 310 valence electrons. The number of carboxylic acid groups (broad SMARTS) is 1. The average molecular weight is 852 g/mol. The molecule has 0 saturated carbocycles. The zero-order chi connectivity index (χ0) is 41.7. The van der Waals surface area contributed by atoms with Gasteiger partial charge in [-0.05, 0) is 66.1 Å². The first-order valence-electron chi connectivity index (χ1n) is 19.1. The van der Waals surface area contributed by atoms with E-state index in [1.165, 1.54) is 42.1 Å². The van der Waals surface area contributed by atoms with Crippen LogP contribution in [0.3, 0.4) is 0 Å². The molecule has 0 amide bonds. The first-order valence-corrected chi connectivity index (χ1v) is 20.3. The Kier molecular flexibility index (Phi) is 13.0. The Labute approximate surface area is 347 Å². The standard InChI is InChI=1S/C42H42ClF4N7O4S/c1-3-52-16-18-53(19-17-52)20-21-57-34-13-12-31(26(2)37(34)43)35-36-39(48-25-49-40(36)59-38(35)27-8-10-29(44)11-9-27)51-32(41(55)56)22-28-6-4-5-7-33(28)58-23-30-14-15-50-54(30)24-42(45,46)47/h4-15,25,32H,3,16-24H2,1-2H3,(H,55,56)(H,48,49,51). The molecule has 1 saturated heterocycles. The molecule has 3 aromatic heterocycles. The minimum atomic E-state index is -4.47. The van der Waals surface area contributed by atoms with E-state index < -0.39 is 30.5 Å². The number of alkyl halides is 3. The number of rotatable bonds is 16. The largest absolute Gasteiger partial charge is 0.491 e. The smallest absolute Gasteiger partial charge is 0.408 e. The number of anilines is 1. The van der Waals surface area contributed by atoms with Crippen molar-refractivity contribution in [3.63, 3.8) is 0 Å². The summed E-state index contributed by atoms with van der Waals surface area (Å²) in [4.78, 5) is 28.1. The molecule has 0 spiro atoms. The Morgan fingerprint density at radius 2 is 1.73 bits per heavy atom. The highest BCUT2D eigenvalue weighted by atomic mass is 35.5. The van der Waals surface area contributed by atoms with Gasteiger partial charge in [-0.3, -0.25) is 9.58 Å². The van der Waals surface area contributed by atoms with E-state index in [1.807, 2.05) is 19.1 Å². The lowest BCUT2D eigenvalue weighted by molar-refractivity contribution is -0.143. The molecule has 0 aliphatic carbocycles. The van der Waals surface area contributed by atoms with Crippen LogP contribution in [0.5, 0.6) is 11.5 Å². The normalized spacial score (nSPS) is 14.4. The van der Waals surface area contributed by atoms with E-state index >= 15 is 0 Å². The lowest BCUT2D eigenvalue weighted by Crippen LogP contribution is -2.47. The Bertz CT molecular complexity index is 2400. The van der Waals surface area contributed by atoms with Crippen LogP contribution in [0.15, 0.2) is 79.3 Å². The Morgan fingerprint density at radius 3 is 2.46 bits per heavy atom. The topological polar surface area (TPSA) is 118 Å². The maximum Gasteiger partial charge on any atom is 0.408 e. The van der Waals surface area contributed by atoms with Crippen LogP contribution in [0.4, 0.5) is 23.4 Å². The molecule has 1 atom stereocenters. The summed E-state index contributed by atoms with van der Waals surface area (Å²) in [5.74, 6) is -0.496. The van der Waals surface area contributed by atoms with Gasteiger partial charge < -0.3 is 24.8 Å². The number of aliphatic carboxylic acids is 1. The van der Waals surface area contributed by atoms with E-state index in [0.717, 1.165) is 60.0 Å². The fraction of sp³-hybridized carbons (Fsp3) is 0.333. The molecule has 1 aliphatic rings. The van der Waals surface area contributed by atoms with Gasteiger partial charge in [0.2, 0.25) is 0 Å². The second kappa shape index (κ2) is 18.3. The third-order valence-electron chi connectivity index (χ3n) is 10.3. The molecule has 3 aromatic carbocycles. The molecular formula is C42H42ClF4N7O4S. The summed E-state index contributed by atoms with van der Waals surface area (Å²) in [6.07, 6.45) is -1.94. The fourth-order valence-corrected chi connectivity index (χ4v) is 8.49. The first-order chi connectivity index (χ1) is 28.4. The van der Waals surface area contributed by atoms with Crippen molar-refractivity contribution in [2.75, 3.05) is 51.2 Å². The number of thiophene rings is 1. The zero-order valence-corrected chi connectivity index (χ0v) is 33.9. The van der Waals surface area contributed by atoms with Crippen molar-refractivity contribution >= 4 is 44.9 Å². The van der Waals surface area contributed by atoms with Crippen LogP contribution >= 0.6 is 22.9 Å². The predicted octanol–water partition coefficient (Wildman–Crippen LogP) is 8.59. The highest BCUT2D eigenvalue weighted by Crippen LogP contribution is 2.49. The number of likely N-dealkylation sites (N-methyl/N-ethyl adjacent to an activating group) is 1. The third kappa shape index (κ3) is 9.95. The molecule has 2 N–H and O–H groups in total. The van der Waals surface area contributed by atoms with Crippen LogP contribution in [0.2, 0.25) is 5.02 Å². The number of halogens is 5. The molecule has 11 nitrogen and oxygen atoms in total. The second-order valence-electron chi connectivity index (χ2n) is 14.1. The molecule has 6 aromatic rings. The second-order valence-corrected chi connectivity index (χ2v) is 15.5. The lowest BCUT2D eigenvalue weighted by Gasteiger charge is -2.33. The zero-order valence-electron chi connectivity index (χ0n) is 32.3. The van der Waals surface area contributed by atoms with Gasteiger partial charge in [-0.25, -0.2) is 19.2 Å². The molecule has 0 radical (unpaired) electrons. The van der Waals surface area contributed by atoms with Gasteiger partial charge in [0.15, 0.2) is 0 Å². The number of aromatic nitrogens is 4. The van der Waals surface area contributed by atoms with E-state index in [9.17, 15) is 27.5 Å². The fourth-order valence-electron chi connectivity index (χ4n) is 7.11. The van der Waals surface area contributed by atoms with Gasteiger partial charge in [-0.2, -0.15) is 18.3 Å². The van der Waals surface area contributed by atoms with Crippen LogP contribution in [0.1, 0.15) is 23.7 Å². The summed E-state index contributed by atoms with van der Waals surface area (Å²) < 4.78 is 66.5. The van der Waals surface area contributed by atoms with Gasteiger partial charge in [0.1, 0.15) is 60.1 Å². The molecule has 0 bridgehead atoms. The van der Waals surface area contributed by atoms with E-state index in [1.54, 1.807) is 36.4 Å². The monoisotopic (exact) mass is 851 g/mol. The van der Waals surface area contributed by atoms with E-state index in [-0.39, 0.29) is 24.5 Å². The maximum atomic E-state index is 14.2. The Balaban J connectivity index is 1.19. The number of fused-ring (bicyclic) bond motifs is 1. The molecule has 1 unspecified atom stereocenters. The van der Waals surface area contributed by atoms with Gasteiger partial charge in [0.25, 0.3) is 0 Å². The predicted molar refractivity (Wildman–Crippen MR) is 220 cm³/mol. The number of hydrogen-bond acceptors (Lipinski definition) is 10. The lowest BCUT2D eigenvalue weighted by atomic mass is 9.95. The van der Waals surface area contributed by atoms with Crippen LogP contribution in [-0.4, -0.2) is 98.7 Å². The van der Waals surface area contributed by atoms with Crippen molar-refractivity contribution in [3.8, 4) is 33.1 Å². The van der Waals surface area contributed by atoms with Crippen LogP contribution in [-0.2, 0) is 24.4 Å². The molecule has 1 aliphatic heterocycles. The molecular weight excluding hydrogens is 810 g/mol. The van der Waals surface area contributed by atoms with E-state index in [0.29, 0.717) is 50.0 Å². The summed E-state index contributed by atoms with van der Waals surface area (Å²) in [6, 6.07) is 16.7. The highest BCUT2D eigenvalue weighted by molar-refractivity contribution is 7.22. The quantitative estimate of drug-likeness (QED) is 0.0918. The summed E-state index contributed by atoms with van der Waals surface area (Å²) in [5, 5.41) is 18.4. The van der Waals surface area contributed by atoms with Gasteiger partial charge in [-0.1, -0.05) is 54.9 Å². The summed E-state index contributed by atoms with van der Waals surface area (Å²) in [7, 11) is 0. The summed E-state index contributed by atoms with van der Waals surface area (Å²) in [5.41, 5.74) is 3.55. The summed E-state index contributed by atoms with van der Waals surface area (Å²) in [6.45, 7) is 8.82. The van der Waals surface area contributed by atoms with Crippen LogP contribution in [0, 0.1) is 12.7 Å². The summed E-state index contributed by atoms with van der Waals surface area (Å²) >= 11 is 8.38. The van der Waals surface area contributed by atoms with Crippen molar-refractivity contribution in [1.29, 1.82) is 0 Å². The molecule has 59 heavy (non-hydrogen) atoms. The van der Waals surface area contributed by atoms with Crippen molar-refractivity contribution in [2.45, 2.75) is 45.6 Å². The number of piperazine rings is 1. The molecule has 17 heteroatoms. The Hall–Kier alpha value is -5.29. The average Bonchev–Trinajstić information content (AvgIpc) is 3.83. The minimum absolute atomic E-state index is 0.0751. The van der Waals surface area contributed by atoms with E-state index in [2.05, 4.69) is 37.1 Å². The van der Waals surface area contributed by atoms with Crippen LogP contribution in [0.25, 0.3) is 31.8 Å². The van der Waals surface area contributed by atoms with Gasteiger partial charge in [-0.15, -0.1) is 11.3 Å². The molecule has 1 fully saturated rings. The number of ether oxygens (including phenoxy) is 2. The molecule has 7 rings (SSSR count). The number of carbonyl (C=O) groups is 1. The van der Waals surface area contributed by atoms with Crippen molar-refractivity contribution < 1.29 is 36.9 Å². The number of nitrogens with one attached hydrogen (secondary N) is 1. The third-order valence-corrected chi connectivity index (χ3v) is 11.9. The highest BCUT2D eigenvalue weighted by Gasteiger charge is 2.30. The van der Waals surface area contributed by atoms with Crippen LogP contribution < -0.4 is 14.8 Å². The van der Waals surface area contributed by atoms with E-state index in [4.69, 9.17) is 21.1 Å². The number of hydrogen-bond donors (Lipinski definition) is 2. The van der Waals surface area contributed by atoms with Gasteiger partial charge >= 0.3 is 12.1 Å². The SMILES string of the molecule is CCN1CCN(CCOc2ccc(-c3c(-c4ccc(F)cc4)sc4ncnc(NC(Cc5ccccc5OCc5ccnn5CC(F)(F)F)C(=O)O)c34)c(C)c2Cl)CC1.